The maximum absolute atomic E-state index is 6.06. The van der Waals surface area contributed by atoms with Gasteiger partial charge in [0.25, 0.3) is 0 Å². The van der Waals surface area contributed by atoms with Gasteiger partial charge in [0.15, 0.2) is 0 Å². The van der Waals surface area contributed by atoms with Gasteiger partial charge in [0.1, 0.15) is 0 Å². The second kappa shape index (κ2) is 6.58. The lowest BCUT2D eigenvalue weighted by atomic mass is 10.3. The zero-order valence-corrected chi connectivity index (χ0v) is 12.2. The summed E-state index contributed by atoms with van der Waals surface area (Å²) in [5, 5.41) is 3.94. The fraction of sp³-hybridized carbons (Fsp3) is 0.250. The van der Waals surface area contributed by atoms with Crippen LogP contribution in [-0.4, -0.2) is 21.6 Å². The Labute approximate surface area is 126 Å². The Balaban J connectivity index is 2.21. The molecule has 1 aromatic carbocycles. The largest absolute Gasteiger partial charge is 0.463 e. The van der Waals surface area contributed by atoms with E-state index >= 15 is 0 Å². The molecule has 0 aliphatic heterocycles. The molecule has 0 amide bonds. The van der Waals surface area contributed by atoms with Crippen LogP contribution >= 0.6 is 23.2 Å². The van der Waals surface area contributed by atoms with Gasteiger partial charge in [-0.05, 0) is 24.6 Å². The van der Waals surface area contributed by atoms with Gasteiger partial charge in [-0.3, -0.25) is 0 Å². The number of nitrogens with zero attached hydrogens (tertiary/aromatic N) is 3. The van der Waals surface area contributed by atoms with Crippen LogP contribution in [0.2, 0.25) is 10.0 Å². The van der Waals surface area contributed by atoms with Crippen molar-refractivity contribution < 1.29 is 4.74 Å². The number of hydrogen-bond donors (Lipinski definition) is 2. The fourth-order valence-corrected chi connectivity index (χ4v) is 1.85. The second-order valence-electron chi connectivity index (χ2n) is 3.90. The predicted octanol–water partition coefficient (Wildman–Crippen LogP) is 3.29. The number of aromatic nitrogens is 3. The highest BCUT2D eigenvalue weighted by Gasteiger charge is 2.08. The summed E-state index contributed by atoms with van der Waals surface area (Å²) in [6, 6.07) is 5.21. The minimum atomic E-state index is 0.0682. The van der Waals surface area contributed by atoms with E-state index < -0.39 is 0 Å². The maximum Gasteiger partial charge on any atom is 0.323 e. The molecule has 2 rings (SSSR count). The van der Waals surface area contributed by atoms with Crippen molar-refractivity contribution in [2.24, 2.45) is 0 Å². The Kier molecular flexibility index (Phi) is 4.81. The van der Waals surface area contributed by atoms with Crippen molar-refractivity contribution in [3.63, 3.8) is 0 Å². The SMILES string of the molecule is CCCOc1nc(N)nc(Nc2ccc(Cl)cc2Cl)n1. The molecule has 20 heavy (non-hydrogen) atoms. The lowest BCUT2D eigenvalue weighted by Crippen LogP contribution is -2.07. The van der Waals surface area contributed by atoms with E-state index in [0.29, 0.717) is 22.3 Å². The van der Waals surface area contributed by atoms with Crippen molar-refractivity contribution in [2.75, 3.05) is 17.7 Å². The predicted molar refractivity (Wildman–Crippen MR) is 79.8 cm³/mol. The van der Waals surface area contributed by atoms with Crippen molar-refractivity contribution in [2.45, 2.75) is 13.3 Å². The minimum Gasteiger partial charge on any atom is -0.463 e. The van der Waals surface area contributed by atoms with Crippen LogP contribution in [0.4, 0.5) is 17.6 Å². The molecule has 0 unspecified atom stereocenters. The van der Waals surface area contributed by atoms with Gasteiger partial charge in [-0.2, -0.15) is 15.0 Å². The quantitative estimate of drug-likeness (QED) is 0.880. The summed E-state index contributed by atoms with van der Waals surface area (Å²) in [4.78, 5) is 12.0. The summed E-state index contributed by atoms with van der Waals surface area (Å²) in [5.41, 5.74) is 6.22. The summed E-state index contributed by atoms with van der Waals surface area (Å²) in [6.45, 7) is 2.49. The first-order chi connectivity index (χ1) is 9.58. The molecule has 3 N–H and O–H groups in total. The maximum atomic E-state index is 6.06. The molecule has 0 saturated heterocycles. The minimum absolute atomic E-state index is 0.0682. The molecule has 106 valence electrons. The molecule has 0 saturated carbocycles. The van der Waals surface area contributed by atoms with E-state index in [4.69, 9.17) is 33.7 Å². The van der Waals surface area contributed by atoms with Crippen LogP contribution in [0.15, 0.2) is 18.2 Å². The monoisotopic (exact) mass is 313 g/mol. The van der Waals surface area contributed by atoms with Crippen LogP contribution < -0.4 is 15.8 Å². The third-order valence-electron chi connectivity index (χ3n) is 2.25. The number of hydrogen-bond acceptors (Lipinski definition) is 6. The van der Waals surface area contributed by atoms with Gasteiger partial charge < -0.3 is 15.8 Å². The Morgan fingerprint density at radius 2 is 2.05 bits per heavy atom. The molecule has 2 aromatic rings. The van der Waals surface area contributed by atoms with Gasteiger partial charge in [-0.25, -0.2) is 0 Å². The molecule has 0 radical (unpaired) electrons. The van der Waals surface area contributed by atoms with Gasteiger partial charge in [0.2, 0.25) is 11.9 Å². The smallest absolute Gasteiger partial charge is 0.323 e. The molecule has 0 bridgehead atoms. The topological polar surface area (TPSA) is 86.0 Å². The Bertz CT molecular complexity index is 608. The first-order valence-electron chi connectivity index (χ1n) is 5.95. The van der Waals surface area contributed by atoms with Gasteiger partial charge in [-0.1, -0.05) is 30.1 Å². The first kappa shape index (κ1) is 14.6. The van der Waals surface area contributed by atoms with Gasteiger partial charge in [0, 0.05) is 5.02 Å². The summed E-state index contributed by atoms with van der Waals surface area (Å²) in [5.74, 6) is 0.325. The third kappa shape index (κ3) is 3.85. The Hall–Kier alpha value is -1.79. The van der Waals surface area contributed by atoms with Gasteiger partial charge in [-0.15, -0.1) is 0 Å². The number of nitrogens with one attached hydrogen (secondary N) is 1. The lowest BCUT2D eigenvalue weighted by molar-refractivity contribution is 0.292. The summed E-state index contributed by atoms with van der Waals surface area (Å²) < 4.78 is 5.33. The summed E-state index contributed by atoms with van der Waals surface area (Å²) >= 11 is 11.9. The normalized spacial score (nSPS) is 10.3. The molecule has 0 fully saturated rings. The van der Waals surface area contributed by atoms with E-state index in [-0.39, 0.29) is 17.9 Å². The van der Waals surface area contributed by atoms with Crippen LogP contribution in [0.5, 0.6) is 6.01 Å². The number of nitrogen functional groups attached to an aromatic ring is 1. The van der Waals surface area contributed by atoms with Crippen LogP contribution in [0, 0.1) is 0 Å². The second-order valence-corrected chi connectivity index (χ2v) is 4.74. The van der Waals surface area contributed by atoms with E-state index in [1.165, 1.54) is 0 Å². The van der Waals surface area contributed by atoms with Crippen molar-refractivity contribution in [3.05, 3.63) is 28.2 Å². The van der Waals surface area contributed by atoms with Crippen LogP contribution in [0.3, 0.4) is 0 Å². The number of nitrogens with two attached hydrogens (primary N) is 1. The van der Waals surface area contributed by atoms with Crippen molar-refractivity contribution in [3.8, 4) is 6.01 Å². The zero-order valence-electron chi connectivity index (χ0n) is 10.7. The molecule has 1 heterocycles. The van der Waals surface area contributed by atoms with E-state index in [1.54, 1.807) is 18.2 Å². The summed E-state index contributed by atoms with van der Waals surface area (Å²) in [6.07, 6.45) is 0.845. The standard InChI is InChI=1S/C12H13Cl2N5O/c1-2-5-20-12-18-10(15)17-11(19-12)16-9-4-3-7(13)6-8(9)14/h3-4,6H,2,5H2,1H3,(H3,15,16,17,18,19). The summed E-state index contributed by atoms with van der Waals surface area (Å²) in [7, 11) is 0. The zero-order chi connectivity index (χ0) is 14.5. The van der Waals surface area contributed by atoms with Crippen molar-refractivity contribution in [1.29, 1.82) is 0 Å². The Morgan fingerprint density at radius 1 is 1.25 bits per heavy atom. The lowest BCUT2D eigenvalue weighted by Gasteiger charge is -2.09. The van der Waals surface area contributed by atoms with Gasteiger partial charge in [0.05, 0.1) is 17.3 Å². The fourth-order valence-electron chi connectivity index (χ4n) is 1.40. The van der Waals surface area contributed by atoms with Crippen LogP contribution in [-0.2, 0) is 0 Å². The number of halogens is 2. The molecule has 0 atom stereocenters. The highest BCUT2D eigenvalue weighted by Crippen LogP contribution is 2.27. The van der Waals surface area contributed by atoms with E-state index in [9.17, 15) is 0 Å². The van der Waals surface area contributed by atoms with E-state index in [0.717, 1.165) is 6.42 Å². The molecular formula is C12H13Cl2N5O. The highest BCUT2D eigenvalue weighted by atomic mass is 35.5. The molecule has 0 aliphatic carbocycles. The Morgan fingerprint density at radius 3 is 2.75 bits per heavy atom. The van der Waals surface area contributed by atoms with E-state index in [2.05, 4.69) is 20.3 Å². The highest BCUT2D eigenvalue weighted by molar-refractivity contribution is 6.36. The molecular weight excluding hydrogens is 301 g/mol. The van der Waals surface area contributed by atoms with E-state index in [1.807, 2.05) is 6.92 Å². The molecule has 6 nitrogen and oxygen atoms in total. The van der Waals surface area contributed by atoms with Crippen molar-refractivity contribution in [1.82, 2.24) is 15.0 Å². The third-order valence-corrected chi connectivity index (χ3v) is 2.79. The average Bonchev–Trinajstić information content (AvgIpc) is 2.39. The van der Waals surface area contributed by atoms with Crippen molar-refractivity contribution >= 4 is 40.8 Å². The number of anilines is 3. The number of rotatable bonds is 5. The number of benzene rings is 1. The van der Waals surface area contributed by atoms with Crippen LogP contribution in [0.1, 0.15) is 13.3 Å². The molecule has 8 heteroatoms. The van der Waals surface area contributed by atoms with Gasteiger partial charge >= 0.3 is 6.01 Å². The first-order valence-corrected chi connectivity index (χ1v) is 6.70. The van der Waals surface area contributed by atoms with Crippen LogP contribution in [0.25, 0.3) is 0 Å². The molecule has 0 spiro atoms. The average molecular weight is 314 g/mol. The molecule has 0 aliphatic rings. The molecule has 1 aromatic heterocycles. The number of ether oxygens (including phenoxy) is 1.